The summed E-state index contributed by atoms with van der Waals surface area (Å²) in [6.45, 7) is 0.602. The lowest BCUT2D eigenvalue weighted by molar-refractivity contribution is 0.0936. The lowest BCUT2D eigenvalue weighted by Gasteiger charge is -2.13. The van der Waals surface area contributed by atoms with Crippen LogP contribution in [-0.4, -0.2) is 29.1 Å². The van der Waals surface area contributed by atoms with Gasteiger partial charge in [0.2, 0.25) is 0 Å². The van der Waals surface area contributed by atoms with Crippen LogP contribution in [0.2, 0.25) is 5.02 Å². The predicted octanol–water partition coefficient (Wildman–Crippen LogP) is 2.39. The van der Waals surface area contributed by atoms with Crippen LogP contribution < -0.4 is 5.32 Å². The van der Waals surface area contributed by atoms with Crippen molar-refractivity contribution >= 4 is 28.4 Å². The van der Waals surface area contributed by atoms with Crippen LogP contribution in [0.1, 0.15) is 23.2 Å². The molecular weight excluding hydrogens is 276 g/mol. The van der Waals surface area contributed by atoms with Crippen LogP contribution in [-0.2, 0) is 0 Å². The first-order chi connectivity index (χ1) is 9.63. The van der Waals surface area contributed by atoms with E-state index in [0.717, 1.165) is 18.2 Å². The standard InChI is InChI=1S/C15H15ClN2O2/c16-11-6-10-2-1-5-17-13(10)12(7-11)14(20)18-8-15(9-19)3-4-15/h1-2,5-7,19H,3-4,8-9H2,(H,18,20). The maximum absolute atomic E-state index is 12.3. The Morgan fingerprint density at radius 1 is 1.45 bits per heavy atom. The first-order valence-corrected chi connectivity index (χ1v) is 6.95. The molecule has 1 amide bonds. The van der Waals surface area contributed by atoms with Gasteiger partial charge in [0, 0.05) is 28.6 Å². The number of aliphatic hydroxyl groups excluding tert-OH is 1. The van der Waals surface area contributed by atoms with E-state index in [1.807, 2.05) is 12.1 Å². The highest BCUT2D eigenvalue weighted by Gasteiger charge is 2.42. The highest BCUT2D eigenvalue weighted by Crippen LogP contribution is 2.44. The number of benzene rings is 1. The minimum absolute atomic E-state index is 0.113. The number of hydrogen-bond acceptors (Lipinski definition) is 3. The number of halogens is 1. The monoisotopic (exact) mass is 290 g/mol. The Hall–Kier alpha value is -1.65. The van der Waals surface area contributed by atoms with E-state index in [-0.39, 0.29) is 17.9 Å². The lowest BCUT2D eigenvalue weighted by atomic mass is 10.1. The van der Waals surface area contributed by atoms with E-state index >= 15 is 0 Å². The Labute approximate surface area is 121 Å². The lowest BCUT2D eigenvalue weighted by Crippen LogP contribution is -2.32. The van der Waals surface area contributed by atoms with Gasteiger partial charge in [0.15, 0.2) is 0 Å². The normalized spacial score (nSPS) is 16.1. The molecule has 2 N–H and O–H groups in total. The first kappa shape index (κ1) is 13.3. The molecule has 2 aromatic rings. The molecule has 1 aliphatic rings. The van der Waals surface area contributed by atoms with Gasteiger partial charge in [-0.1, -0.05) is 17.7 Å². The molecule has 1 aliphatic carbocycles. The Kier molecular flexibility index (Phi) is 3.36. The van der Waals surface area contributed by atoms with Crippen LogP contribution in [0.25, 0.3) is 10.9 Å². The van der Waals surface area contributed by atoms with Crippen molar-refractivity contribution in [1.82, 2.24) is 10.3 Å². The average Bonchev–Trinajstić information content (AvgIpc) is 3.24. The summed E-state index contributed by atoms with van der Waals surface area (Å²) in [4.78, 5) is 16.6. The fraction of sp³-hybridized carbons (Fsp3) is 0.333. The molecule has 0 saturated heterocycles. The van der Waals surface area contributed by atoms with E-state index in [4.69, 9.17) is 11.6 Å². The van der Waals surface area contributed by atoms with Gasteiger partial charge in [-0.05, 0) is 31.0 Å². The molecule has 0 unspecified atom stereocenters. The van der Waals surface area contributed by atoms with Gasteiger partial charge in [0.05, 0.1) is 17.7 Å². The molecule has 5 heteroatoms. The van der Waals surface area contributed by atoms with Gasteiger partial charge in [0.25, 0.3) is 5.91 Å². The van der Waals surface area contributed by atoms with Crippen LogP contribution in [0, 0.1) is 5.41 Å². The Morgan fingerprint density at radius 2 is 2.25 bits per heavy atom. The average molecular weight is 291 g/mol. The fourth-order valence-electron chi connectivity index (χ4n) is 2.26. The molecule has 0 atom stereocenters. The summed E-state index contributed by atoms with van der Waals surface area (Å²) in [6.07, 6.45) is 3.57. The van der Waals surface area contributed by atoms with Crippen LogP contribution in [0.15, 0.2) is 30.5 Å². The number of rotatable bonds is 4. The summed E-state index contributed by atoms with van der Waals surface area (Å²) in [6, 6.07) is 7.11. The van der Waals surface area contributed by atoms with Gasteiger partial charge in [0.1, 0.15) is 0 Å². The third kappa shape index (κ3) is 2.49. The van der Waals surface area contributed by atoms with E-state index in [2.05, 4.69) is 10.3 Å². The summed E-state index contributed by atoms with van der Waals surface area (Å²) in [5, 5.41) is 13.5. The second-order valence-electron chi connectivity index (χ2n) is 5.37. The minimum atomic E-state index is -0.198. The number of nitrogens with zero attached hydrogens (tertiary/aromatic N) is 1. The number of carbonyl (C=O) groups excluding carboxylic acids is 1. The Balaban J connectivity index is 1.87. The molecule has 0 spiro atoms. The first-order valence-electron chi connectivity index (χ1n) is 6.57. The van der Waals surface area contributed by atoms with Crippen molar-refractivity contribution in [3.63, 3.8) is 0 Å². The quantitative estimate of drug-likeness (QED) is 0.909. The Bertz CT molecular complexity index is 668. The Morgan fingerprint density at radius 3 is 2.95 bits per heavy atom. The number of pyridine rings is 1. The number of aliphatic hydroxyl groups is 1. The number of hydrogen-bond donors (Lipinski definition) is 2. The number of amides is 1. The molecular formula is C15H15ClN2O2. The molecule has 4 nitrogen and oxygen atoms in total. The third-order valence-corrected chi connectivity index (χ3v) is 4.05. The summed E-state index contributed by atoms with van der Waals surface area (Å²) in [5.41, 5.74) is 1.00. The summed E-state index contributed by atoms with van der Waals surface area (Å²) < 4.78 is 0. The third-order valence-electron chi connectivity index (χ3n) is 3.83. The van der Waals surface area contributed by atoms with Gasteiger partial charge >= 0.3 is 0 Å². The van der Waals surface area contributed by atoms with Crippen molar-refractivity contribution in [2.75, 3.05) is 13.2 Å². The van der Waals surface area contributed by atoms with Crippen LogP contribution in [0.5, 0.6) is 0 Å². The number of aromatic nitrogens is 1. The molecule has 3 rings (SSSR count). The summed E-state index contributed by atoms with van der Waals surface area (Å²) >= 11 is 6.05. The molecule has 1 heterocycles. The zero-order valence-electron chi connectivity index (χ0n) is 10.9. The van der Waals surface area contributed by atoms with E-state index < -0.39 is 0 Å². The highest BCUT2D eigenvalue weighted by molar-refractivity contribution is 6.32. The number of fused-ring (bicyclic) bond motifs is 1. The molecule has 1 saturated carbocycles. The molecule has 104 valence electrons. The van der Waals surface area contributed by atoms with Crippen molar-refractivity contribution in [2.45, 2.75) is 12.8 Å². The van der Waals surface area contributed by atoms with Gasteiger partial charge in [-0.2, -0.15) is 0 Å². The van der Waals surface area contributed by atoms with Crippen molar-refractivity contribution in [3.8, 4) is 0 Å². The highest BCUT2D eigenvalue weighted by atomic mass is 35.5. The van der Waals surface area contributed by atoms with Gasteiger partial charge < -0.3 is 10.4 Å². The summed E-state index contributed by atoms with van der Waals surface area (Å²) in [5.74, 6) is -0.198. The molecule has 0 radical (unpaired) electrons. The van der Waals surface area contributed by atoms with Crippen molar-refractivity contribution in [3.05, 3.63) is 41.0 Å². The predicted molar refractivity (Wildman–Crippen MR) is 77.8 cm³/mol. The van der Waals surface area contributed by atoms with Gasteiger partial charge in [-0.15, -0.1) is 0 Å². The van der Waals surface area contributed by atoms with Crippen LogP contribution in [0.3, 0.4) is 0 Å². The van der Waals surface area contributed by atoms with Crippen LogP contribution in [0.4, 0.5) is 0 Å². The summed E-state index contributed by atoms with van der Waals surface area (Å²) in [7, 11) is 0. The fourth-order valence-corrected chi connectivity index (χ4v) is 2.49. The smallest absolute Gasteiger partial charge is 0.253 e. The maximum atomic E-state index is 12.3. The van der Waals surface area contributed by atoms with E-state index in [1.54, 1.807) is 18.3 Å². The molecule has 0 aliphatic heterocycles. The van der Waals surface area contributed by atoms with Crippen molar-refractivity contribution in [1.29, 1.82) is 0 Å². The molecule has 1 fully saturated rings. The molecule has 1 aromatic carbocycles. The molecule has 1 aromatic heterocycles. The molecule has 20 heavy (non-hydrogen) atoms. The zero-order chi connectivity index (χ0) is 14.2. The number of nitrogens with one attached hydrogen (secondary N) is 1. The second kappa shape index (κ2) is 5.04. The van der Waals surface area contributed by atoms with Crippen molar-refractivity contribution in [2.24, 2.45) is 5.41 Å². The van der Waals surface area contributed by atoms with Crippen LogP contribution >= 0.6 is 11.6 Å². The topological polar surface area (TPSA) is 62.2 Å². The second-order valence-corrected chi connectivity index (χ2v) is 5.81. The molecule has 0 bridgehead atoms. The number of carbonyl (C=O) groups is 1. The SMILES string of the molecule is O=C(NCC1(CO)CC1)c1cc(Cl)cc2cccnc12. The van der Waals surface area contributed by atoms with E-state index in [9.17, 15) is 9.90 Å². The van der Waals surface area contributed by atoms with E-state index in [0.29, 0.717) is 22.6 Å². The zero-order valence-corrected chi connectivity index (χ0v) is 11.7. The van der Waals surface area contributed by atoms with Gasteiger partial charge in [-0.25, -0.2) is 0 Å². The minimum Gasteiger partial charge on any atom is -0.396 e. The largest absolute Gasteiger partial charge is 0.396 e. The van der Waals surface area contributed by atoms with E-state index in [1.165, 1.54) is 0 Å². The van der Waals surface area contributed by atoms with Crippen molar-refractivity contribution < 1.29 is 9.90 Å². The maximum Gasteiger partial charge on any atom is 0.253 e. The van der Waals surface area contributed by atoms with Gasteiger partial charge in [-0.3, -0.25) is 9.78 Å².